The van der Waals surface area contributed by atoms with Crippen molar-refractivity contribution in [2.45, 2.75) is 39.9 Å². The maximum absolute atomic E-state index is 12.5. The second kappa shape index (κ2) is 9.07. The molecular formula is C21H25NO5. The molecule has 2 aromatic carbocycles. The van der Waals surface area contributed by atoms with Gasteiger partial charge in [0.25, 0.3) is 5.91 Å². The van der Waals surface area contributed by atoms with Crippen LogP contribution in [0.3, 0.4) is 0 Å². The number of hydrogen-bond donors (Lipinski definition) is 1. The van der Waals surface area contributed by atoms with E-state index >= 15 is 0 Å². The molecule has 0 unspecified atom stereocenters. The number of aryl methyl sites for hydroxylation is 1. The van der Waals surface area contributed by atoms with Gasteiger partial charge in [-0.2, -0.15) is 0 Å². The van der Waals surface area contributed by atoms with E-state index in [0.717, 1.165) is 5.56 Å². The van der Waals surface area contributed by atoms with Crippen molar-refractivity contribution in [3.63, 3.8) is 0 Å². The van der Waals surface area contributed by atoms with Gasteiger partial charge in [0.1, 0.15) is 11.5 Å². The summed E-state index contributed by atoms with van der Waals surface area (Å²) in [4.78, 5) is 24.3. The molecule has 1 amide bonds. The average Bonchev–Trinajstić information content (AvgIpc) is 2.62. The zero-order valence-corrected chi connectivity index (χ0v) is 16.2. The highest BCUT2D eigenvalue weighted by Gasteiger charge is 2.18. The molecule has 0 aliphatic carbocycles. The van der Waals surface area contributed by atoms with Crippen molar-refractivity contribution in [1.82, 2.24) is 0 Å². The van der Waals surface area contributed by atoms with E-state index in [4.69, 9.17) is 14.2 Å². The molecule has 0 fully saturated rings. The summed E-state index contributed by atoms with van der Waals surface area (Å²) in [5, 5.41) is 2.84. The number of carbonyl (C=O) groups excluding carboxylic acids is 2. The topological polar surface area (TPSA) is 73.9 Å². The molecule has 0 aromatic heterocycles. The monoisotopic (exact) mass is 371 g/mol. The summed E-state index contributed by atoms with van der Waals surface area (Å²) in [7, 11) is 1.55. The Morgan fingerprint density at radius 3 is 2.26 bits per heavy atom. The molecule has 6 heteroatoms. The van der Waals surface area contributed by atoms with Gasteiger partial charge in [-0.05, 0) is 69.7 Å². The van der Waals surface area contributed by atoms with E-state index < -0.39 is 12.1 Å². The van der Waals surface area contributed by atoms with E-state index in [1.54, 1.807) is 58.2 Å². The Morgan fingerprint density at radius 2 is 1.67 bits per heavy atom. The van der Waals surface area contributed by atoms with Crippen molar-refractivity contribution < 1.29 is 23.8 Å². The van der Waals surface area contributed by atoms with Crippen LogP contribution in [-0.4, -0.2) is 31.2 Å². The van der Waals surface area contributed by atoms with Gasteiger partial charge < -0.3 is 19.5 Å². The lowest BCUT2D eigenvalue weighted by atomic mass is 10.1. The van der Waals surface area contributed by atoms with Crippen LogP contribution in [0, 0.1) is 6.92 Å². The molecule has 0 saturated carbocycles. The van der Waals surface area contributed by atoms with Crippen LogP contribution in [0.4, 0.5) is 5.69 Å². The first-order chi connectivity index (χ1) is 12.8. The summed E-state index contributed by atoms with van der Waals surface area (Å²) in [6.07, 6.45) is -0.933. The predicted molar refractivity (Wildman–Crippen MR) is 103 cm³/mol. The Hall–Kier alpha value is -3.02. The first kappa shape index (κ1) is 20.3. The standard InChI is InChI=1S/C21H25NO5/c1-13(2)26-21(24)15(4)27-17-9-7-16(8-10-17)20(23)22-18-12-14(3)6-11-19(18)25-5/h6-13,15H,1-5H3,(H,22,23)/t15-/m1/s1. The van der Waals surface area contributed by atoms with Crippen molar-refractivity contribution in [1.29, 1.82) is 0 Å². The molecule has 0 radical (unpaired) electrons. The number of esters is 1. The lowest BCUT2D eigenvalue weighted by molar-refractivity contribution is -0.154. The van der Waals surface area contributed by atoms with Crippen LogP contribution in [0.15, 0.2) is 42.5 Å². The van der Waals surface area contributed by atoms with Crippen LogP contribution in [-0.2, 0) is 9.53 Å². The molecular weight excluding hydrogens is 346 g/mol. The minimum absolute atomic E-state index is 0.201. The number of methoxy groups -OCH3 is 1. The Balaban J connectivity index is 2.03. The summed E-state index contributed by atoms with van der Waals surface area (Å²) >= 11 is 0. The summed E-state index contributed by atoms with van der Waals surface area (Å²) in [6.45, 7) is 7.12. The van der Waals surface area contributed by atoms with Gasteiger partial charge in [0.05, 0.1) is 18.9 Å². The van der Waals surface area contributed by atoms with Gasteiger partial charge in [-0.3, -0.25) is 4.79 Å². The normalized spacial score (nSPS) is 11.6. The zero-order valence-electron chi connectivity index (χ0n) is 16.2. The highest BCUT2D eigenvalue weighted by molar-refractivity contribution is 6.05. The van der Waals surface area contributed by atoms with E-state index in [1.807, 2.05) is 19.1 Å². The van der Waals surface area contributed by atoms with Gasteiger partial charge in [-0.15, -0.1) is 0 Å². The minimum atomic E-state index is -0.733. The fraction of sp³-hybridized carbons (Fsp3) is 0.333. The second-order valence-electron chi connectivity index (χ2n) is 6.43. The van der Waals surface area contributed by atoms with Crippen LogP contribution in [0.25, 0.3) is 0 Å². The molecule has 27 heavy (non-hydrogen) atoms. The van der Waals surface area contributed by atoms with E-state index in [0.29, 0.717) is 22.7 Å². The summed E-state index contributed by atoms with van der Waals surface area (Å²) in [5.41, 5.74) is 2.08. The van der Waals surface area contributed by atoms with Gasteiger partial charge >= 0.3 is 5.97 Å². The first-order valence-corrected chi connectivity index (χ1v) is 8.73. The van der Waals surface area contributed by atoms with E-state index in [2.05, 4.69) is 5.32 Å². The fourth-order valence-electron chi connectivity index (χ4n) is 2.38. The lowest BCUT2D eigenvalue weighted by Gasteiger charge is -2.16. The summed E-state index contributed by atoms with van der Waals surface area (Å²) in [5.74, 6) is 0.371. The number of rotatable bonds is 7. The number of amides is 1. The van der Waals surface area contributed by atoms with Crippen LogP contribution >= 0.6 is 0 Å². The maximum atomic E-state index is 12.5. The zero-order chi connectivity index (χ0) is 20.0. The Morgan fingerprint density at radius 1 is 1.00 bits per heavy atom. The van der Waals surface area contributed by atoms with Gasteiger partial charge in [0.2, 0.25) is 0 Å². The smallest absolute Gasteiger partial charge is 0.347 e. The third-order valence-corrected chi connectivity index (χ3v) is 3.72. The number of nitrogens with one attached hydrogen (secondary N) is 1. The van der Waals surface area contributed by atoms with Gasteiger partial charge in [-0.1, -0.05) is 6.07 Å². The predicted octanol–water partition coefficient (Wildman–Crippen LogP) is 3.97. The molecule has 1 atom stereocenters. The second-order valence-corrected chi connectivity index (χ2v) is 6.43. The molecule has 2 aromatic rings. The Kier molecular flexibility index (Phi) is 6.82. The fourth-order valence-corrected chi connectivity index (χ4v) is 2.38. The lowest BCUT2D eigenvalue weighted by Crippen LogP contribution is -2.28. The van der Waals surface area contributed by atoms with Crippen LogP contribution in [0.1, 0.15) is 36.7 Å². The molecule has 144 valence electrons. The first-order valence-electron chi connectivity index (χ1n) is 8.73. The van der Waals surface area contributed by atoms with Crippen molar-refractivity contribution in [3.05, 3.63) is 53.6 Å². The summed E-state index contributed by atoms with van der Waals surface area (Å²) in [6, 6.07) is 12.1. The third-order valence-electron chi connectivity index (χ3n) is 3.72. The molecule has 0 spiro atoms. The van der Waals surface area contributed by atoms with Crippen molar-refractivity contribution >= 4 is 17.6 Å². The molecule has 2 rings (SSSR count). The average molecular weight is 371 g/mol. The molecule has 1 N–H and O–H groups in total. The number of benzene rings is 2. The molecule has 0 bridgehead atoms. The molecule has 0 aliphatic rings. The largest absolute Gasteiger partial charge is 0.495 e. The number of anilines is 1. The van der Waals surface area contributed by atoms with Gasteiger partial charge in [0, 0.05) is 5.56 Å². The highest BCUT2D eigenvalue weighted by atomic mass is 16.6. The van der Waals surface area contributed by atoms with E-state index in [9.17, 15) is 9.59 Å². The number of hydrogen-bond acceptors (Lipinski definition) is 5. The quantitative estimate of drug-likeness (QED) is 0.746. The number of ether oxygens (including phenoxy) is 3. The SMILES string of the molecule is COc1ccc(C)cc1NC(=O)c1ccc(O[C@H](C)C(=O)OC(C)C)cc1. The van der Waals surface area contributed by atoms with E-state index in [-0.39, 0.29) is 12.0 Å². The van der Waals surface area contributed by atoms with E-state index in [1.165, 1.54) is 0 Å². The number of carbonyl (C=O) groups is 2. The molecule has 0 saturated heterocycles. The van der Waals surface area contributed by atoms with Crippen molar-refractivity contribution in [3.8, 4) is 11.5 Å². The van der Waals surface area contributed by atoms with Crippen molar-refractivity contribution in [2.24, 2.45) is 0 Å². The van der Waals surface area contributed by atoms with Crippen LogP contribution < -0.4 is 14.8 Å². The molecule has 0 aliphatic heterocycles. The van der Waals surface area contributed by atoms with Gasteiger partial charge in [0.15, 0.2) is 6.10 Å². The molecule has 0 heterocycles. The third kappa shape index (κ3) is 5.74. The Labute approximate surface area is 159 Å². The van der Waals surface area contributed by atoms with Crippen LogP contribution in [0.2, 0.25) is 0 Å². The highest BCUT2D eigenvalue weighted by Crippen LogP contribution is 2.26. The molecule has 6 nitrogen and oxygen atoms in total. The van der Waals surface area contributed by atoms with Crippen molar-refractivity contribution in [2.75, 3.05) is 12.4 Å². The van der Waals surface area contributed by atoms with Gasteiger partial charge in [-0.25, -0.2) is 4.79 Å². The minimum Gasteiger partial charge on any atom is -0.495 e. The summed E-state index contributed by atoms with van der Waals surface area (Å²) < 4.78 is 15.9. The maximum Gasteiger partial charge on any atom is 0.347 e. The van der Waals surface area contributed by atoms with Crippen LogP contribution in [0.5, 0.6) is 11.5 Å². The Bertz CT molecular complexity index is 799.